The third kappa shape index (κ3) is 1.48. The number of rotatable bonds is 2. The van der Waals surface area contributed by atoms with Crippen LogP contribution in [0.4, 0.5) is 5.00 Å². The number of para-hydroxylation sites is 1. The van der Waals surface area contributed by atoms with Gasteiger partial charge >= 0.3 is 0 Å². The normalized spacial score (nSPS) is 12.2. The fourth-order valence-corrected chi connectivity index (χ4v) is 3.49. The van der Waals surface area contributed by atoms with Crippen LogP contribution >= 0.6 is 23.4 Å². The standard InChI is InChI=1S/C11H7NO2S2/c13-6-12-10-5-9-11(15-10)7-3-1-2-4-8(7)14-16-9/h1-6H,(H,12,13). The van der Waals surface area contributed by atoms with E-state index in [0.717, 1.165) is 26.1 Å². The lowest BCUT2D eigenvalue weighted by Crippen LogP contribution is -1.91. The second-order valence-corrected chi connectivity index (χ2v) is 5.05. The summed E-state index contributed by atoms with van der Waals surface area (Å²) in [5, 5.41) is 3.51. The summed E-state index contributed by atoms with van der Waals surface area (Å²) in [6.45, 7) is 0. The predicted molar refractivity (Wildman–Crippen MR) is 65.9 cm³/mol. The van der Waals surface area contributed by atoms with Gasteiger partial charge in [0.2, 0.25) is 6.41 Å². The van der Waals surface area contributed by atoms with Crippen molar-refractivity contribution in [1.82, 2.24) is 0 Å². The van der Waals surface area contributed by atoms with E-state index >= 15 is 0 Å². The average molecular weight is 249 g/mol. The van der Waals surface area contributed by atoms with Crippen LogP contribution in [0.15, 0.2) is 35.2 Å². The summed E-state index contributed by atoms with van der Waals surface area (Å²) >= 11 is 2.89. The highest BCUT2D eigenvalue weighted by molar-refractivity contribution is 7.95. The van der Waals surface area contributed by atoms with E-state index in [2.05, 4.69) is 5.32 Å². The van der Waals surface area contributed by atoms with Crippen molar-refractivity contribution in [3.8, 4) is 16.2 Å². The van der Waals surface area contributed by atoms with Gasteiger partial charge in [0.1, 0.15) is 5.75 Å². The van der Waals surface area contributed by atoms with Gasteiger partial charge < -0.3 is 9.50 Å². The van der Waals surface area contributed by atoms with E-state index < -0.39 is 0 Å². The Labute approximate surface area is 101 Å². The first-order valence-corrected chi connectivity index (χ1v) is 6.22. The Balaban J connectivity index is 2.13. The van der Waals surface area contributed by atoms with Gasteiger partial charge in [-0.2, -0.15) is 0 Å². The van der Waals surface area contributed by atoms with Crippen molar-refractivity contribution in [2.24, 2.45) is 0 Å². The summed E-state index contributed by atoms with van der Waals surface area (Å²) in [6.07, 6.45) is 0.689. The Morgan fingerprint density at radius 2 is 2.19 bits per heavy atom. The quantitative estimate of drug-likeness (QED) is 0.655. The van der Waals surface area contributed by atoms with E-state index in [0.29, 0.717) is 6.41 Å². The van der Waals surface area contributed by atoms with E-state index in [1.165, 1.54) is 12.0 Å². The SMILES string of the molecule is O=CNc1cc2c(s1)-c1ccccc1OS2. The molecule has 1 aliphatic heterocycles. The van der Waals surface area contributed by atoms with Crippen molar-refractivity contribution < 1.29 is 8.98 Å². The van der Waals surface area contributed by atoms with Gasteiger partial charge in [0, 0.05) is 5.56 Å². The molecule has 1 aliphatic rings. The maximum atomic E-state index is 10.4. The van der Waals surface area contributed by atoms with Crippen molar-refractivity contribution in [2.45, 2.75) is 4.90 Å². The molecule has 0 aliphatic carbocycles. The van der Waals surface area contributed by atoms with Crippen LogP contribution < -0.4 is 9.50 Å². The molecule has 0 unspecified atom stereocenters. The second kappa shape index (κ2) is 3.84. The highest BCUT2D eigenvalue weighted by Crippen LogP contribution is 2.49. The minimum atomic E-state index is 0.689. The van der Waals surface area contributed by atoms with E-state index in [4.69, 9.17) is 4.18 Å². The van der Waals surface area contributed by atoms with E-state index in [1.807, 2.05) is 30.3 Å². The molecule has 0 atom stereocenters. The number of anilines is 1. The number of carbonyl (C=O) groups is 1. The highest BCUT2D eigenvalue weighted by Gasteiger charge is 2.21. The molecule has 80 valence electrons. The Hall–Kier alpha value is -1.46. The van der Waals surface area contributed by atoms with Gasteiger partial charge in [0.05, 0.1) is 26.8 Å². The molecule has 0 radical (unpaired) electrons. The summed E-state index contributed by atoms with van der Waals surface area (Å²) < 4.78 is 5.55. The number of thiophene rings is 1. The van der Waals surface area contributed by atoms with Crippen molar-refractivity contribution >= 4 is 34.8 Å². The molecule has 3 rings (SSSR count). The van der Waals surface area contributed by atoms with E-state index in [-0.39, 0.29) is 0 Å². The number of benzene rings is 1. The Morgan fingerprint density at radius 3 is 3.06 bits per heavy atom. The molecule has 16 heavy (non-hydrogen) atoms. The van der Waals surface area contributed by atoms with Gasteiger partial charge in [-0.15, -0.1) is 11.3 Å². The lowest BCUT2D eigenvalue weighted by molar-refractivity contribution is -0.105. The van der Waals surface area contributed by atoms with Crippen LogP contribution in [0.1, 0.15) is 0 Å². The molecule has 2 aromatic rings. The number of amides is 1. The Bertz CT molecular complexity index is 551. The third-order valence-electron chi connectivity index (χ3n) is 2.25. The van der Waals surface area contributed by atoms with Gasteiger partial charge in [-0.1, -0.05) is 12.1 Å². The summed E-state index contributed by atoms with van der Waals surface area (Å²) in [4.78, 5) is 12.6. The van der Waals surface area contributed by atoms with E-state index in [9.17, 15) is 4.79 Å². The topological polar surface area (TPSA) is 38.3 Å². The molecule has 3 nitrogen and oxygen atoms in total. The van der Waals surface area contributed by atoms with Crippen LogP contribution in [0.25, 0.3) is 10.4 Å². The average Bonchev–Trinajstić information content (AvgIpc) is 2.72. The molecule has 5 heteroatoms. The number of carbonyl (C=O) groups excluding carboxylic acids is 1. The zero-order valence-corrected chi connectivity index (χ0v) is 9.73. The lowest BCUT2D eigenvalue weighted by atomic mass is 10.1. The molecule has 1 aromatic heterocycles. The smallest absolute Gasteiger partial charge is 0.212 e. The number of hydrogen-bond donors (Lipinski definition) is 1. The first-order valence-electron chi connectivity index (χ1n) is 4.66. The highest BCUT2D eigenvalue weighted by atomic mass is 32.2. The molecule has 0 fully saturated rings. The molecule has 0 bridgehead atoms. The predicted octanol–water partition coefficient (Wildman–Crippen LogP) is 3.38. The van der Waals surface area contributed by atoms with Gasteiger partial charge in [0.15, 0.2) is 0 Å². The lowest BCUT2D eigenvalue weighted by Gasteiger charge is -2.14. The van der Waals surface area contributed by atoms with Crippen LogP contribution in [0.5, 0.6) is 5.75 Å². The van der Waals surface area contributed by atoms with Gasteiger partial charge in [-0.25, -0.2) is 0 Å². The maximum Gasteiger partial charge on any atom is 0.212 e. The summed E-state index contributed by atoms with van der Waals surface area (Å²) in [5.74, 6) is 0.875. The molecule has 0 saturated heterocycles. The minimum absolute atomic E-state index is 0.689. The zero-order chi connectivity index (χ0) is 11.0. The monoisotopic (exact) mass is 249 g/mol. The molecule has 0 spiro atoms. The van der Waals surface area contributed by atoms with Crippen molar-refractivity contribution in [3.63, 3.8) is 0 Å². The van der Waals surface area contributed by atoms with Crippen LogP contribution in [0.3, 0.4) is 0 Å². The third-order valence-corrected chi connectivity index (χ3v) is 4.25. The van der Waals surface area contributed by atoms with E-state index in [1.54, 1.807) is 11.3 Å². The van der Waals surface area contributed by atoms with Crippen LogP contribution in [0, 0.1) is 0 Å². The maximum absolute atomic E-state index is 10.4. The van der Waals surface area contributed by atoms with Crippen LogP contribution in [-0.4, -0.2) is 6.41 Å². The summed E-state index contributed by atoms with van der Waals surface area (Å²) in [5.41, 5.74) is 1.08. The summed E-state index contributed by atoms with van der Waals surface area (Å²) in [6, 6.07) is 9.82. The van der Waals surface area contributed by atoms with Crippen LogP contribution in [-0.2, 0) is 4.79 Å². The second-order valence-electron chi connectivity index (χ2n) is 3.23. The van der Waals surface area contributed by atoms with Crippen molar-refractivity contribution in [3.05, 3.63) is 30.3 Å². The fourth-order valence-electron chi connectivity index (χ4n) is 1.57. The van der Waals surface area contributed by atoms with Crippen LogP contribution in [0.2, 0.25) is 0 Å². The molecule has 0 saturated carbocycles. The van der Waals surface area contributed by atoms with Gasteiger partial charge in [-0.05, 0) is 18.2 Å². The number of fused-ring (bicyclic) bond motifs is 3. The first kappa shape index (κ1) is 9.74. The molecule has 1 aromatic carbocycles. The molecular weight excluding hydrogens is 242 g/mol. The Morgan fingerprint density at radius 1 is 1.31 bits per heavy atom. The molecule has 2 heterocycles. The van der Waals surface area contributed by atoms with Crippen molar-refractivity contribution in [1.29, 1.82) is 0 Å². The largest absolute Gasteiger partial charge is 0.420 e. The zero-order valence-electron chi connectivity index (χ0n) is 8.10. The van der Waals surface area contributed by atoms with Gasteiger partial charge in [0.25, 0.3) is 0 Å². The number of nitrogens with one attached hydrogen (secondary N) is 1. The fraction of sp³-hybridized carbons (Fsp3) is 0. The minimum Gasteiger partial charge on any atom is -0.420 e. The van der Waals surface area contributed by atoms with Crippen molar-refractivity contribution in [2.75, 3.05) is 5.32 Å². The summed E-state index contributed by atoms with van der Waals surface area (Å²) in [7, 11) is 0. The number of hydrogen-bond acceptors (Lipinski definition) is 4. The molecule has 1 amide bonds. The molecular formula is C11H7NO2S2. The molecule has 1 N–H and O–H groups in total. The Kier molecular flexibility index (Phi) is 2.34. The first-order chi connectivity index (χ1) is 7.88. The van der Waals surface area contributed by atoms with Gasteiger partial charge in [-0.3, -0.25) is 4.79 Å².